The highest BCUT2D eigenvalue weighted by Gasteiger charge is 2.43. The fourth-order valence-corrected chi connectivity index (χ4v) is 8.42. The predicted molar refractivity (Wildman–Crippen MR) is 186 cm³/mol. The van der Waals surface area contributed by atoms with Crippen molar-refractivity contribution >= 4 is 97.9 Å². The van der Waals surface area contributed by atoms with Crippen LogP contribution in [-0.2, 0) is 19.2 Å². The van der Waals surface area contributed by atoms with Gasteiger partial charge in [0.2, 0.25) is 5.91 Å². The zero-order valence-corrected chi connectivity index (χ0v) is 27.8. The molecule has 0 N–H and O–H groups in total. The van der Waals surface area contributed by atoms with E-state index in [1.165, 1.54) is 20.1 Å². The zero-order valence-electron chi connectivity index (χ0n) is 25.4. The van der Waals surface area contributed by atoms with Crippen LogP contribution in [0.2, 0.25) is 0 Å². The first-order valence-electron chi connectivity index (χ1n) is 15.1. The van der Waals surface area contributed by atoms with Crippen LogP contribution in [0, 0.1) is 0 Å². The number of carbonyl (C=O) groups excluding carboxylic acids is 4. The van der Waals surface area contributed by atoms with E-state index in [0.29, 0.717) is 41.8 Å². The monoisotopic (exact) mass is 689 g/mol. The van der Waals surface area contributed by atoms with Crippen molar-refractivity contribution in [3.8, 4) is 11.5 Å². The topological polar surface area (TPSA) is 106 Å². The average molecular weight is 691 g/mol. The van der Waals surface area contributed by atoms with Crippen LogP contribution < -0.4 is 19.3 Å². The Morgan fingerprint density at radius 2 is 1.19 bits per heavy atom. The molecule has 0 bridgehead atoms. The molecule has 7 rings (SSSR count). The molecule has 0 radical (unpaired) electrons. The predicted octanol–water partition coefficient (Wildman–Crippen LogP) is 6.39. The Labute approximate surface area is 284 Å². The van der Waals surface area contributed by atoms with Crippen molar-refractivity contribution in [1.29, 1.82) is 0 Å². The van der Waals surface area contributed by atoms with Gasteiger partial charge in [-0.2, -0.15) is 0 Å². The molecule has 47 heavy (non-hydrogen) atoms. The summed E-state index contributed by atoms with van der Waals surface area (Å²) in [5.41, 5.74) is 3.08. The number of fused-ring (bicyclic) bond motifs is 6. The van der Waals surface area contributed by atoms with E-state index in [1.54, 1.807) is 21.9 Å². The molecule has 3 heterocycles. The van der Waals surface area contributed by atoms with Gasteiger partial charge in [-0.3, -0.25) is 24.2 Å². The van der Waals surface area contributed by atoms with Crippen LogP contribution in [0.15, 0.2) is 65.7 Å². The number of esters is 2. The lowest BCUT2D eigenvalue weighted by Gasteiger charge is -2.23. The Morgan fingerprint density at radius 1 is 0.745 bits per heavy atom. The number of anilines is 2. The molecule has 0 saturated carbocycles. The third-order valence-corrected chi connectivity index (χ3v) is 10.7. The molecule has 12 heteroatoms. The van der Waals surface area contributed by atoms with Crippen molar-refractivity contribution in [1.82, 2.24) is 0 Å². The van der Waals surface area contributed by atoms with Crippen molar-refractivity contribution in [2.45, 2.75) is 36.3 Å². The Balaban J connectivity index is 1.18. The van der Waals surface area contributed by atoms with Gasteiger partial charge in [-0.15, -0.1) is 35.0 Å². The third kappa shape index (κ3) is 5.42. The van der Waals surface area contributed by atoms with Gasteiger partial charge in [-0.1, -0.05) is 48.5 Å². The minimum atomic E-state index is -0.867. The summed E-state index contributed by atoms with van der Waals surface area (Å²) in [5.74, 6) is -0.439. The molecule has 2 amide bonds. The fourth-order valence-electron chi connectivity index (χ4n) is 6.87. The Kier molecular flexibility index (Phi) is 8.36. The maximum atomic E-state index is 14.1. The lowest BCUT2D eigenvalue weighted by atomic mass is 9.95. The summed E-state index contributed by atoms with van der Waals surface area (Å²) in [5, 5.41) is 1.65. The van der Waals surface area contributed by atoms with E-state index in [-0.39, 0.29) is 29.5 Å². The summed E-state index contributed by atoms with van der Waals surface area (Å²) in [4.78, 5) is 59.8. The Morgan fingerprint density at radius 3 is 1.64 bits per heavy atom. The number of rotatable bonds is 6. The molecule has 4 atom stereocenters. The van der Waals surface area contributed by atoms with Crippen LogP contribution in [-0.4, -0.2) is 65.4 Å². The highest BCUT2D eigenvalue weighted by Crippen LogP contribution is 2.48. The summed E-state index contributed by atoms with van der Waals surface area (Å²) in [6.07, 6.45) is 1.53. The first kappa shape index (κ1) is 31.5. The summed E-state index contributed by atoms with van der Waals surface area (Å²) < 4.78 is 11.1. The van der Waals surface area contributed by atoms with Crippen LogP contribution in [0.3, 0.4) is 0 Å². The fraction of sp³-hybridized carbons (Fsp3) is 0.286. The number of carbonyl (C=O) groups is 4. The van der Waals surface area contributed by atoms with Crippen molar-refractivity contribution in [3.05, 3.63) is 71.8 Å². The average Bonchev–Trinajstić information content (AvgIpc) is 3.80. The van der Waals surface area contributed by atoms with Gasteiger partial charge in [0.05, 0.1) is 11.4 Å². The number of halogens is 2. The number of ether oxygens (including phenoxy) is 2. The minimum Gasteiger partial charge on any atom is -0.426 e. The normalized spacial score (nSPS) is 21.3. The summed E-state index contributed by atoms with van der Waals surface area (Å²) in [6, 6.07) is 18.6. The largest absolute Gasteiger partial charge is 0.426 e. The Hall–Kier alpha value is -4.12. The summed E-state index contributed by atoms with van der Waals surface area (Å²) in [6.45, 7) is 3.35. The number of nitrogens with zero attached hydrogens (tertiary/aromatic N) is 3. The third-order valence-electron chi connectivity index (χ3n) is 8.76. The van der Waals surface area contributed by atoms with Crippen LogP contribution in [0.5, 0.6) is 11.5 Å². The van der Waals surface area contributed by atoms with Crippen LogP contribution in [0.4, 0.5) is 11.4 Å². The SMILES string of the molecule is CC(=O)Oc1cc2c(c3ccccc13)C(CCl)CN2C(=O)C1C=NC(C(=O)N2CC(CCl)c3c2cc(OC(C)=O)c2ccccc32)S1. The summed E-state index contributed by atoms with van der Waals surface area (Å²) in [7, 11) is 0. The molecule has 3 aliphatic heterocycles. The second-order valence-corrected chi connectivity index (χ2v) is 13.5. The maximum absolute atomic E-state index is 14.1. The number of aliphatic imine (C=N–C) groups is 1. The van der Waals surface area contributed by atoms with Crippen LogP contribution in [0.25, 0.3) is 21.5 Å². The van der Waals surface area contributed by atoms with E-state index in [4.69, 9.17) is 32.7 Å². The molecule has 9 nitrogen and oxygen atoms in total. The molecule has 0 saturated heterocycles. The van der Waals surface area contributed by atoms with Crippen molar-refractivity contribution in [2.75, 3.05) is 34.6 Å². The maximum Gasteiger partial charge on any atom is 0.308 e. The van der Waals surface area contributed by atoms with E-state index in [0.717, 1.165) is 44.4 Å². The molecule has 4 aromatic carbocycles. The van der Waals surface area contributed by atoms with Gasteiger partial charge in [0.15, 0.2) is 5.37 Å². The standard InChI is InChI=1S/C35H29Cl2N3O6S/c1-18(41)45-28-11-26-31(24-9-5-3-7-22(24)28)20(13-36)16-39(26)34(43)30-15-38-33(47-30)35(44)40-17-21(14-37)32-25-10-6-4-8-23(25)29(12-27(32)40)46-19(2)42/h3-12,15,20-21,30,33H,13-14,16-17H2,1-2H3. The zero-order chi connectivity index (χ0) is 33.0. The van der Waals surface area contributed by atoms with Gasteiger partial charge in [0.25, 0.3) is 5.91 Å². The number of hydrogen-bond acceptors (Lipinski definition) is 8. The van der Waals surface area contributed by atoms with Gasteiger partial charge in [-0.05, 0) is 21.9 Å². The first-order chi connectivity index (χ1) is 22.7. The van der Waals surface area contributed by atoms with Gasteiger partial charge in [0, 0.05) is 79.7 Å². The molecule has 0 fully saturated rings. The van der Waals surface area contributed by atoms with Gasteiger partial charge in [-0.25, -0.2) is 0 Å². The molecule has 4 unspecified atom stereocenters. The number of thioether (sulfide) groups is 1. The number of alkyl halides is 2. The van der Waals surface area contributed by atoms with E-state index in [2.05, 4.69) is 4.99 Å². The first-order valence-corrected chi connectivity index (χ1v) is 17.1. The Bertz CT molecular complexity index is 1880. The molecule has 0 spiro atoms. The van der Waals surface area contributed by atoms with Crippen molar-refractivity contribution < 1.29 is 28.7 Å². The van der Waals surface area contributed by atoms with Crippen LogP contribution in [0.1, 0.15) is 36.8 Å². The molecule has 0 aliphatic carbocycles. The number of hydrogen-bond donors (Lipinski definition) is 0. The lowest BCUT2D eigenvalue weighted by Crippen LogP contribution is -2.39. The number of benzene rings is 4. The van der Waals surface area contributed by atoms with Crippen molar-refractivity contribution in [3.63, 3.8) is 0 Å². The number of amides is 2. The van der Waals surface area contributed by atoms with E-state index in [1.807, 2.05) is 48.5 Å². The van der Waals surface area contributed by atoms with Crippen molar-refractivity contribution in [2.24, 2.45) is 4.99 Å². The quantitative estimate of drug-likeness (QED) is 0.131. The van der Waals surface area contributed by atoms with Gasteiger partial charge in [0.1, 0.15) is 16.7 Å². The highest BCUT2D eigenvalue weighted by atomic mass is 35.5. The molecule has 0 aromatic heterocycles. The lowest BCUT2D eigenvalue weighted by molar-refractivity contribution is -0.132. The smallest absolute Gasteiger partial charge is 0.308 e. The van der Waals surface area contributed by atoms with E-state index >= 15 is 0 Å². The van der Waals surface area contributed by atoms with E-state index < -0.39 is 22.6 Å². The second kappa shape index (κ2) is 12.5. The highest BCUT2D eigenvalue weighted by molar-refractivity contribution is 8.02. The van der Waals surface area contributed by atoms with Crippen LogP contribution >= 0.6 is 35.0 Å². The second-order valence-electron chi connectivity index (χ2n) is 11.7. The molecule has 3 aliphatic rings. The molecule has 4 aromatic rings. The molecule has 240 valence electrons. The van der Waals surface area contributed by atoms with Gasteiger partial charge >= 0.3 is 11.9 Å². The van der Waals surface area contributed by atoms with Gasteiger partial charge < -0.3 is 19.3 Å². The summed E-state index contributed by atoms with van der Waals surface area (Å²) >= 11 is 14.0. The molecular formula is C35H29Cl2N3O6S. The van der Waals surface area contributed by atoms with E-state index in [9.17, 15) is 19.2 Å². The minimum absolute atomic E-state index is 0.137. The molecular weight excluding hydrogens is 661 g/mol.